The predicted octanol–water partition coefficient (Wildman–Crippen LogP) is 7.79. The standard InChI is InChI=1S/C29H25Br2N3O4/c1-4-17(3)37-26-15-22(31)19(14-25(26)36-5-2)16-32-34-28(33-23-9-7-6-8-21(23)29(34)35)27-13-18-12-20(30)10-11-24(18)38-27/h6-17H,4-5H2,1-3H3/t17-/m0/s1. The Morgan fingerprint density at radius 2 is 1.89 bits per heavy atom. The average molecular weight is 639 g/mol. The summed E-state index contributed by atoms with van der Waals surface area (Å²) in [6.07, 6.45) is 2.50. The summed E-state index contributed by atoms with van der Waals surface area (Å²) >= 11 is 7.11. The molecule has 2 heterocycles. The van der Waals surface area contributed by atoms with Crippen molar-refractivity contribution in [2.45, 2.75) is 33.3 Å². The zero-order chi connectivity index (χ0) is 26.8. The Morgan fingerprint density at radius 3 is 2.68 bits per heavy atom. The number of rotatable bonds is 8. The van der Waals surface area contributed by atoms with Gasteiger partial charge in [0.1, 0.15) is 5.58 Å². The molecule has 0 radical (unpaired) electrons. The highest BCUT2D eigenvalue weighted by Crippen LogP contribution is 2.34. The van der Waals surface area contributed by atoms with Gasteiger partial charge >= 0.3 is 0 Å². The molecule has 7 nitrogen and oxygen atoms in total. The summed E-state index contributed by atoms with van der Waals surface area (Å²) in [5.74, 6) is 1.98. The molecular formula is C29H25Br2N3O4. The molecule has 0 aliphatic rings. The highest BCUT2D eigenvalue weighted by molar-refractivity contribution is 9.10. The van der Waals surface area contributed by atoms with Crippen molar-refractivity contribution in [1.29, 1.82) is 0 Å². The number of halogens is 2. The van der Waals surface area contributed by atoms with Crippen LogP contribution in [0.2, 0.25) is 0 Å². The van der Waals surface area contributed by atoms with Gasteiger partial charge in [-0.1, -0.05) is 35.0 Å². The molecule has 0 bridgehead atoms. The summed E-state index contributed by atoms with van der Waals surface area (Å²) in [4.78, 5) is 18.3. The molecule has 0 spiro atoms. The van der Waals surface area contributed by atoms with Crippen LogP contribution in [0.25, 0.3) is 33.5 Å². The second-order valence-corrected chi connectivity index (χ2v) is 10.5. The topological polar surface area (TPSA) is 78.9 Å². The molecule has 0 fully saturated rings. The van der Waals surface area contributed by atoms with Gasteiger partial charge in [0.15, 0.2) is 17.3 Å². The molecule has 5 aromatic rings. The summed E-state index contributed by atoms with van der Waals surface area (Å²) in [7, 11) is 0. The van der Waals surface area contributed by atoms with E-state index in [-0.39, 0.29) is 11.7 Å². The summed E-state index contributed by atoms with van der Waals surface area (Å²) < 4.78 is 20.9. The van der Waals surface area contributed by atoms with Crippen molar-refractivity contribution in [3.8, 4) is 23.1 Å². The number of benzene rings is 3. The van der Waals surface area contributed by atoms with E-state index in [1.54, 1.807) is 24.4 Å². The van der Waals surface area contributed by atoms with Crippen LogP contribution in [0.15, 0.2) is 83.9 Å². The lowest BCUT2D eigenvalue weighted by Gasteiger charge is -2.17. The SMILES string of the molecule is CCOc1cc(C=Nn2c(-c3cc4cc(Br)ccc4o3)nc3ccccc3c2=O)c(Br)cc1O[C@@H](C)CC. The molecule has 1 atom stereocenters. The van der Waals surface area contributed by atoms with Gasteiger partial charge in [-0.2, -0.15) is 9.78 Å². The molecule has 2 aromatic heterocycles. The molecule has 0 saturated heterocycles. The molecular weight excluding hydrogens is 614 g/mol. The minimum atomic E-state index is -0.304. The molecule has 0 aliphatic heterocycles. The number of fused-ring (bicyclic) bond motifs is 2. The van der Waals surface area contributed by atoms with Gasteiger partial charge in [-0.05, 0) is 84.7 Å². The van der Waals surface area contributed by atoms with Gasteiger partial charge in [0, 0.05) is 19.9 Å². The molecule has 0 N–H and O–H groups in total. The molecule has 0 aliphatic carbocycles. The third kappa shape index (κ3) is 5.26. The van der Waals surface area contributed by atoms with Gasteiger partial charge in [-0.15, -0.1) is 0 Å². The van der Waals surface area contributed by atoms with Crippen molar-refractivity contribution in [2.24, 2.45) is 5.10 Å². The molecule has 9 heteroatoms. The van der Waals surface area contributed by atoms with Crippen LogP contribution in [-0.2, 0) is 0 Å². The molecule has 3 aromatic carbocycles. The first kappa shape index (κ1) is 26.2. The number of furan rings is 1. The average Bonchev–Trinajstić information content (AvgIpc) is 3.33. The zero-order valence-electron chi connectivity index (χ0n) is 21.1. The van der Waals surface area contributed by atoms with Crippen molar-refractivity contribution >= 4 is 59.9 Å². The van der Waals surface area contributed by atoms with Crippen molar-refractivity contribution < 1.29 is 13.9 Å². The van der Waals surface area contributed by atoms with Crippen LogP contribution in [-0.4, -0.2) is 28.6 Å². The fourth-order valence-corrected chi connectivity index (χ4v) is 4.75. The number of ether oxygens (including phenoxy) is 2. The molecule has 38 heavy (non-hydrogen) atoms. The Kier molecular flexibility index (Phi) is 7.67. The summed E-state index contributed by atoms with van der Waals surface area (Å²) in [5, 5.41) is 5.92. The van der Waals surface area contributed by atoms with E-state index >= 15 is 0 Å². The second-order valence-electron chi connectivity index (χ2n) is 8.70. The molecule has 0 amide bonds. The highest BCUT2D eigenvalue weighted by atomic mass is 79.9. The lowest BCUT2D eigenvalue weighted by atomic mass is 10.2. The fourth-order valence-electron chi connectivity index (χ4n) is 3.94. The third-order valence-electron chi connectivity index (χ3n) is 6.03. The number of nitrogens with zero attached hydrogens (tertiary/aromatic N) is 3. The van der Waals surface area contributed by atoms with Crippen molar-refractivity contribution in [1.82, 2.24) is 9.66 Å². The Balaban J connectivity index is 1.65. The maximum Gasteiger partial charge on any atom is 0.282 e. The Bertz CT molecular complexity index is 1730. The van der Waals surface area contributed by atoms with E-state index in [9.17, 15) is 4.79 Å². The van der Waals surface area contributed by atoms with Gasteiger partial charge in [0.2, 0.25) is 5.82 Å². The first-order chi connectivity index (χ1) is 18.4. The highest BCUT2D eigenvalue weighted by Gasteiger charge is 2.17. The Hall–Kier alpha value is -3.43. The van der Waals surface area contributed by atoms with E-state index in [4.69, 9.17) is 18.9 Å². The van der Waals surface area contributed by atoms with Gasteiger partial charge in [-0.25, -0.2) is 4.98 Å². The van der Waals surface area contributed by atoms with E-state index in [0.29, 0.717) is 51.7 Å². The largest absolute Gasteiger partial charge is 0.490 e. The second kappa shape index (κ2) is 11.1. The first-order valence-electron chi connectivity index (χ1n) is 12.3. The fraction of sp³-hybridized carbons (Fsp3) is 0.207. The number of aromatic nitrogens is 2. The minimum Gasteiger partial charge on any atom is -0.490 e. The predicted molar refractivity (Wildman–Crippen MR) is 158 cm³/mol. The van der Waals surface area contributed by atoms with Crippen molar-refractivity contribution in [3.05, 3.63) is 85.5 Å². The van der Waals surface area contributed by atoms with Gasteiger partial charge in [-0.3, -0.25) is 4.79 Å². The van der Waals surface area contributed by atoms with Crippen LogP contribution >= 0.6 is 31.9 Å². The molecule has 194 valence electrons. The molecule has 5 rings (SSSR count). The summed E-state index contributed by atoms with van der Waals surface area (Å²) in [5.41, 5.74) is 1.65. The lowest BCUT2D eigenvalue weighted by molar-refractivity contribution is 0.203. The number of para-hydroxylation sites is 1. The maximum absolute atomic E-state index is 13.6. The summed E-state index contributed by atoms with van der Waals surface area (Å²) in [6, 6.07) is 18.5. The van der Waals surface area contributed by atoms with E-state index < -0.39 is 0 Å². The quantitative estimate of drug-likeness (QED) is 0.162. The molecule has 0 unspecified atom stereocenters. The van der Waals surface area contributed by atoms with Crippen LogP contribution in [0.5, 0.6) is 11.5 Å². The Labute approximate surface area is 236 Å². The maximum atomic E-state index is 13.6. The van der Waals surface area contributed by atoms with Crippen LogP contribution in [0.4, 0.5) is 0 Å². The van der Waals surface area contributed by atoms with Crippen molar-refractivity contribution in [2.75, 3.05) is 6.61 Å². The van der Waals surface area contributed by atoms with Crippen LogP contribution in [0.3, 0.4) is 0 Å². The summed E-state index contributed by atoms with van der Waals surface area (Å²) in [6.45, 7) is 6.47. The Morgan fingerprint density at radius 1 is 1.08 bits per heavy atom. The zero-order valence-corrected chi connectivity index (χ0v) is 24.2. The van der Waals surface area contributed by atoms with E-state index in [1.807, 2.05) is 56.3 Å². The number of hydrogen-bond acceptors (Lipinski definition) is 6. The van der Waals surface area contributed by atoms with E-state index in [0.717, 1.165) is 20.8 Å². The molecule has 0 saturated carbocycles. The van der Waals surface area contributed by atoms with Crippen LogP contribution < -0.4 is 15.0 Å². The van der Waals surface area contributed by atoms with Gasteiger partial charge in [0.25, 0.3) is 5.56 Å². The number of hydrogen-bond donors (Lipinski definition) is 0. The smallest absolute Gasteiger partial charge is 0.282 e. The van der Waals surface area contributed by atoms with Crippen LogP contribution in [0.1, 0.15) is 32.8 Å². The normalized spacial score (nSPS) is 12.4. The monoisotopic (exact) mass is 637 g/mol. The van der Waals surface area contributed by atoms with Crippen molar-refractivity contribution in [3.63, 3.8) is 0 Å². The third-order valence-corrected chi connectivity index (χ3v) is 7.21. The van der Waals surface area contributed by atoms with E-state index in [2.05, 4.69) is 43.9 Å². The van der Waals surface area contributed by atoms with Gasteiger partial charge in [0.05, 0.1) is 29.8 Å². The minimum absolute atomic E-state index is 0.0369. The first-order valence-corrected chi connectivity index (χ1v) is 13.8. The lowest BCUT2D eigenvalue weighted by Crippen LogP contribution is -2.20. The van der Waals surface area contributed by atoms with Crippen LogP contribution in [0, 0.1) is 0 Å². The van der Waals surface area contributed by atoms with Gasteiger partial charge < -0.3 is 13.9 Å². The van der Waals surface area contributed by atoms with E-state index in [1.165, 1.54) is 4.68 Å².